The average molecular weight is 346 g/mol. The van der Waals surface area contributed by atoms with E-state index in [-0.39, 0.29) is 0 Å². The van der Waals surface area contributed by atoms with E-state index >= 15 is 0 Å². The summed E-state index contributed by atoms with van der Waals surface area (Å²) < 4.78 is 0. The summed E-state index contributed by atoms with van der Waals surface area (Å²) in [4.78, 5) is 5.09. The van der Waals surface area contributed by atoms with Gasteiger partial charge in [0, 0.05) is 38.0 Å². The number of anilines is 1. The van der Waals surface area contributed by atoms with Crippen LogP contribution < -0.4 is 5.32 Å². The first kappa shape index (κ1) is 18.7. The van der Waals surface area contributed by atoms with E-state index in [4.69, 9.17) is 0 Å². The first-order valence-corrected chi connectivity index (χ1v) is 10.1. The monoisotopic (exact) mass is 345 g/mol. The molecule has 0 amide bonds. The Balaban J connectivity index is 1.59. The number of aliphatic hydroxyl groups excluding tert-OH is 1. The summed E-state index contributed by atoms with van der Waals surface area (Å²) in [6.45, 7) is 11.8. The summed E-state index contributed by atoms with van der Waals surface area (Å²) in [7, 11) is 0. The van der Waals surface area contributed by atoms with Gasteiger partial charge in [-0.25, -0.2) is 0 Å². The standard InChI is InChI=1S/C21H35N3O/c1-3-23-13-10-20(17(2)14-23)22-21-7-5-4-6-19(21)15-24-11-8-18(16-25)9-12-24/h4-7,17-18,20,22,25H,3,8-16H2,1-2H3. The Hall–Kier alpha value is -1.10. The van der Waals surface area contributed by atoms with Crippen LogP contribution in [0.5, 0.6) is 0 Å². The zero-order valence-electron chi connectivity index (χ0n) is 16.0. The lowest BCUT2D eigenvalue weighted by molar-refractivity contribution is 0.127. The maximum atomic E-state index is 9.32. The molecular formula is C21H35N3O. The number of hydrogen-bond acceptors (Lipinski definition) is 4. The number of rotatable bonds is 6. The van der Waals surface area contributed by atoms with Gasteiger partial charge in [-0.1, -0.05) is 32.0 Å². The molecule has 2 aliphatic rings. The second-order valence-corrected chi connectivity index (χ2v) is 7.97. The quantitative estimate of drug-likeness (QED) is 0.831. The fourth-order valence-electron chi connectivity index (χ4n) is 4.30. The van der Waals surface area contributed by atoms with E-state index in [1.54, 1.807) is 0 Å². The number of likely N-dealkylation sites (tertiary alicyclic amines) is 2. The molecule has 4 nitrogen and oxygen atoms in total. The Labute approximate surface area is 153 Å². The minimum Gasteiger partial charge on any atom is -0.396 e. The van der Waals surface area contributed by atoms with Crippen LogP contribution in [-0.4, -0.2) is 60.3 Å². The molecule has 1 aromatic rings. The number of aliphatic hydroxyl groups is 1. The largest absolute Gasteiger partial charge is 0.396 e. The number of hydrogen-bond donors (Lipinski definition) is 2. The number of nitrogens with zero attached hydrogens (tertiary/aromatic N) is 2. The molecule has 0 aromatic heterocycles. The van der Waals surface area contributed by atoms with Crippen LogP contribution in [0.4, 0.5) is 5.69 Å². The van der Waals surface area contributed by atoms with Gasteiger partial charge in [0.1, 0.15) is 0 Å². The van der Waals surface area contributed by atoms with E-state index in [1.807, 2.05) is 0 Å². The highest BCUT2D eigenvalue weighted by molar-refractivity contribution is 5.52. The van der Waals surface area contributed by atoms with Crippen LogP contribution in [0, 0.1) is 11.8 Å². The molecule has 2 atom stereocenters. The fraction of sp³-hybridized carbons (Fsp3) is 0.714. The molecule has 2 unspecified atom stereocenters. The lowest BCUT2D eigenvalue weighted by Gasteiger charge is -2.38. The molecule has 2 saturated heterocycles. The fourth-order valence-corrected chi connectivity index (χ4v) is 4.30. The predicted molar refractivity (Wildman–Crippen MR) is 105 cm³/mol. The summed E-state index contributed by atoms with van der Waals surface area (Å²) in [5.41, 5.74) is 2.73. The minimum atomic E-state index is 0.348. The van der Waals surface area contributed by atoms with Crippen LogP contribution in [0.2, 0.25) is 0 Å². The number of nitrogens with one attached hydrogen (secondary N) is 1. The lowest BCUT2D eigenvalue weighted by Crippen LogP contribution is -2.45. The minimum absolute atomic E-state index is 0.348. The Morgan fingerprint density at radius 1 is 1.08 bits per heavy atom. The molecule has 2 heterocycles. The molecule has 2 fully saturated rings. The van der Waals surface area contributed by atoms with Crippen LogP contribution in [0.1, 0.15) is 38.7 Å². The molecule has 0 saturated carbocycles. The van der Waals surface area contributed by atoms with E-state index in [1.165, 1.54) is 30.8 Å². The molecular weight excluding hydrogens is 310 g/mol. The summed E-state index contributed by atoms with van der Waals surface area (Å²) in [5, 5.41) is 13.2. The molecule has 0 spiro atoms. The van der Waals surface area contributed by atoms with Gasteiger partial charge in [-0.05, 0) is 62.4 Å². The van der Waals surface area contributed by atoms with Gasteiger partial charge < -0.3 is 15.3 Å². The van der Waals surface area contributed by atoms with Crippen molar-refractivity contribution in [2.45, 2.75) is 45.7 Å². The van der Waals surface area contributed by atoms with E-state index in [2.05, 4.69) is 53.2 Å². The predicted octanol–water partition coefficient (Wildman–Crippen LogP) is 3.03. The van der Waals surface area contributed by atoms with Crippen molar-refractivity contribution in [3.05, 3.63) is 29.8 Å². The summed E-state index contributed by atoms with van der Waals surface area (Å²) >= 11 is 0. The van der Waals surface area contributed by atoms with Crippen molar-refractivity contribution in [3.63, 3.8) is 0 Å². The summed E-state index contributed by atoms with van der Waals surface area (Å²) in [6, 6.07) is 9.39. The van der Waals surface area contributed by atoms with Gasteiger partial charge in [0.15, 0.2) is 0 Å². The third kappa shape index (κ3) is 4.96. The second kappa shape index (κ2) is 9.02. The van der Waals surface area contributed by atoms with Crippen LogP contribution in [0.15, 0.2) is 24.3 Å². The van der Waals surface area contributed by atoms with Crippen LogP contribution in [0.3, 0.4) is 0 Å². The van der Waals surface area contributed by atoms with Gasteiger partial charge in [-0.3, -0.25) is 4.90 Å². The summed E-state index contributed by atoms with van der Waals surface area (Å²) in [5.74, 6) is 1.19. The van der Waals surface area contributed by atoms with Gasteiger partial charge in [-0.2, -0.15) is 0 Å². The third-order valence-electron chi connectivity index (χ3n) is 6.15. The molecule has 0 radical (unpaired) electrons. The van der Waals surface area contributed by atoms with Crippen LogP contribution in [0.25, 0.3) is 0 Å². The highest BCUT2D eigenvalue weighted by Crippen LogP contribution is 2.26. The van der Waals surface area contributed by atoms with Gasteiger partial charge >= 0.3 is 0 Å². The zero-order chi connectivity index (χ0) is 17.6. The molecule has 2 aliphatic heterocycles. The van der Waals surface area contributed by atoms with Crippen molar-refractivity contribution < 1.29 is 5.11 Å². The molecule has 2 N–H and O–H groups in total. The van der Waals surface area contributed by atoms with Crippen molar-refractivity contribution >= 4 is 5.69 Å². The maximum absolute atomic E-state index is 9.32. The average Bonchev–Trinajstić information content (AvgIpc) is 2.65. The van der Waals surface area contributed by atoms with Crippen molar-refractivity contribution in [1.82, 2.24) is 9.80 Å². The molecule has 0 aliphatic carbocycles. The molecule has 3 rings (SSSR count). The Morgan fingerprint density at radius 3 is 2.48 bits per heavy atom. The number of benzene rings is 1. The maximum Gasteiger partial charge on any atom is 0.0460 e. The highest BCUT2D eigenvalue weighted by atomic mass is 16.3. The van der Waals surface area contributed by atoms with Crippen LogP contribution >= 0.6 is 0 Å². The first-order chi connectivity index (χ1) is 12.2. The summed E-state index contributed by atoms with van der Waals surface area (Å²) in [6.07, 6.45) is 3.47. The molecule has 4 heteroatoms. The van der Waals surface area contributed by atoms with Gasteiger partial charge in [0.05, 0.1) is 0 Å². The van der Waals surface area contributed by atoms with Gasteiger partial charge in [-0.15, -0.1) is 0 Å². The Kier molecular flexibility index (Phi) is 6.74. The smallest absolute Gasteiger partial charge is 0.0460 e. The topological polar surface area (TPSA) is 38.7 Å². The van der Waals surface area contributed by atoms with E-state index in [9.17, 15) is 5.11 Å². The van der Waals surface area contributed by atoms with Crippen molar-refractivity contribution in [2.24, 2.45) is 11.8 Å². The first-order valence-electron chi connectivity index (χ1n) is 10.1. The Bertz CT molecular complexity index is 528. The van der Waals surface area contributed by atoms with Gasteiger partial charge in [0.25, 0.3) is 0 Å². The highest BCUT2D eigenvalue weighted by Gasteiger charge is 2.26. The molecule has 0 bridgehead atoms. The molecule has 140 valence electrons. The lowest BCUT2D eigenvalue weighted by atomic mass is 9.93. The molecule has 25 heavy (non-hydrogen) atoms. The van der Waals surface area contributed by atoms with E-state index in [0.29, 0.717) is 24.5 Å². The van der Waals surface area contributed by atoms with Crippen molar-refractivity contribution in [2.75, 3.05) is 44.6 Å². The van der Waals surface area contributed by atoms with Crippen molar-refractivity contribution in [1.29, 1.82) is 0 Å². The van der Waals surface area contributed by atoms with Gasteiger partial charge in [0.2, 0.25) is 0 Å². The normalized spacial score (nSPS) is 26.7. The van der Waals surface area contributed by atoms with E-state index < -0.39 is 0 Å². The molecule has 1 aromatic carbocycles. The third-order valence-corrected chi connectivity index (χ3v) is 6.15. The van der Waals surface area contributed by atoms with Crippen molar-refractivity contribution in [3.8, 4) is 0 Å². The Morgan fingerprint density at radius 2 is 1.80 bits per heavy atom. The van der Waals surface area contributed by atoms with E-state index in [0.717, 1.165) is 39.0 Å². The van der Waals surface area contributed by atoms with Crippen LogP contribution in [-0.2, 0) is 6.54 Å². The number of piperidine rings is 2. The second-order valence-electron chi connectivity index (χ2n) is 7.97. The number of para-hydroxylation sites is 1. The zero-order valence-corrected chi connectivity index (χ0v) is 16.0. The SMILES string of the molecule is CCN1CCC(Nc2ccccc2CN2CCC(CO)CC2)C(C)C1.